The summed E-state index contributed by atoms with van der Waals surface area (Å²) in [5.74, 6) is -3.50. The molecular formula is C36H41FN8O7S. The molecule has 7 rings (SSSR count). The van der Waals surface area contributed by atoms with E-state index in [-0.39, 0.29) is 42.9 Å². The molecule has 1 aromatic carbocycles. The standard InChI is InChI=1S/C36H41FN8O7S/c1-21-32(42-28-16-23(37)10-11-25(28)40-21)52-24-17-29-31(47)43-36(34(49)44-53(50,51)35(2)13-14-35)18-22(36)8-6-4-3-5-7-9-27(33(48)45(29)19-24)41-30(46)26-12-15-38-20-39-26/h6,8,10-12,15-16,20,22,24,27,29H,3-5,7,9,13-14,17-19H2,1-2H3,(H,41,46)(H,43,47)(H,44,49)/t22-,24-,27+,29+,36-/m1/s1. The summed E-state index contributed by atoms with van der Waals surface area (Å²) in [5.41, 5.74) is -0.356. The Balaban J connectivity index is 1.20. The van der Waals surface area contributed by atoms with E-state index in [0.717, 1.165) is 12.8 Å². The maximum Gasteiger partial charge on any atom is 0.270 e. The van der Waals surface area contributed by atoms with Gasteiger partial charge < -0.3 is 20.3 Å². The van der Waals surface area contributed by atoms with Gasteiger partial charge in [-0.15, -0.1) is 0 Å². The van der Waals surface area contributed by atoms with E-state index < -0.39 is 73.9 Å². The molecule has 0 spiro atoms. The molecule has 0 radical (unpaired) electrons. The van der Waals surface area contributed by atoms with Crippen molar-refractivity contribution in [2.24, 2.45) is 5.92 Å². The maximum atomic E-state index is 14.5. The third-order valence-electron chi connectivity index (χ3n) is 10.6. The summed E-state index contributed by atoms with van der Waals surface area (Å²) < 4.78 is 47.7. The lowest BCUT2D eigenvalue weighted by Crippen LogP contribution is -2.58. The molecule has 2 aliphatic heterocycles. The van der Waals surface area contributed by atoms with Crippen molar-refractivity contribution in [3.05, 3.63) is 66.1 Å². The molecule has 5 atom stereocenters. The number of sulfonamides is 1. The second-order valence-electron chi connectivity index (χ2n) is 14.6. The molecule has 3 aromatic rings. The maximum absolute atomic E-state index is 14.5. The molecule has 2 saturated carbocycles. The minimum absolute atomic E-state index is 0.0268. The Morgan fingerprint density at radius 3 is 2.66 bits per heavy atom. The van der Waals surface area contributed by atoms with Crippen molar-refractivity contribution in [1.82, 2.24) is 40.2 Å². The molecule has 4 aliphatic rings. The van der Waals surface area contributed by atoms with Gasteiger partial charge in [-0.3, -0.25) is 23.9 Å². The fraction of sp³-hybridized carbons (Fsp3) is 0.500. The van der Waals surface area contributed by atoms with E-state index in [4.69, 9.17) is 4.74 Å². The van der Waals surface area contributed by atoms with E-state index >= 15 is 0 Å². The van der Waals surface area contributed by atoms with Crippen molar-refractivity contribution in [3.8, 4) is 5.88 Å². The van der Waals surface area contributed by atoms with Gasteiger partial charge in [0, 0.05) is 24.6 Å². The van der Waals surface area contributed by atoms with Crippen molar-refractivity contribution in [2.45, 2.75) is 100 Å². The van der Waals surface area contributed by atoms with Crippen LogP contribution in [0.4, 0.5) is 4.39 Å². The highest BCUT2D eigenvalue weighted by Crippen LogP contribution is 2.47. The number of amides is 4. The number of halogens is 1. The fourth-order valence-corrected chi connectivity index (χ4v) is 8.28. The summed E-state index contributed by atoms with van der Waals surface area (Å²) in [6.45, 7) is 3.16. The van der Waals surface area contributed by atoms with Crippen LogP contribution in [0.3, 0.4) is 0 Å². The van der Waals surface area contributed by atoms with Crippen molar-refractivity contribution < 1.29 is 36.7 Å². The summed E-state index contributed by atoms with van der Waals surface area (Å²) in [4.78, 5) is 74.0. The van der Waals surface area contributed by atoms with Crippen LogP contribution in [0, 0.1) is 18.7 Å². The number of nitrogens with zero attached hydrogens (tertiary/aromatic N) is 5. The molecule has 2 aromatic heterocycles. The minimum Gasteiger partial charge on any atom is -0.471 e. The summed E-state index contributed by atoms with van der Waals surface area (Å²) in [6, 6.07) is 3.22. The number of allylic oxidation sites excluding steroid dienone is 1. The van der Waals surface area contributed by atoms with Gasteiger partial charge in [-0.05, 0) is 70.6 Å². The molecule has 0 bridgehead atoms. The molecule has 17 heteroatoms. The summed E-state index contributed by atoms with van der Waals surface area (Å²) >= 11 is 0. The van der Waals surface area contributed by atoms with Gasteiger partial charge in [-0.25, -0.2) is 32.7 Å². The van der Waals surface area contributed by atoms with Crippen LogP contribution in [-0.2, 0) is 24.4 Å². The smallest absolute Gasteiger partial charge is 0.270 e. The van der Waals surface area contributed by atoms with Crippen molar-refractivity contribution >= 4 is 44.7 Å². The lowest BCUT2D eigenvalue weighted by Gasteiger charge is -2.30. The van der Waals surface area contributed by atoms with Crippen LogP contribution < -0.4 is 20.1 Å². The lowest BCUT2D eigenvalue weighted by molar-refractivity contribution is -0.141. The number of fused-ring (bicyclic) bond motifs is 3. The zero-order valence-corrected chi connectivity index (χ0v) is 30.2. The van der Waals surface area contributed by atoms with Crippen LogP contribution >= 0.6 is 0 Å². The van der Waals surface area contributed by atoms with Crippen LogP contribution in [-0.4, -0.2) is 91.9 Å². The number of aryl methyl sites for hydroxylation is 1. The molecule has 3 fully saturated rings. The highest BCUT2D eigenvalue weighted by Gasteiger charge is 2.63. The van der Waals surface area contributed by atoms with Gasteiger partial charge in [0.05, 0.1) is 22.3 Å². The molecule has 3 N–H and O–H groups in total. The van der Waals surface area contributed by atoms with Crippen LogP contribution in [0.1, 0.15) is 80.9 Å². The molecule has 4 amide bonds. The first kappa shape index (κ1) is 36.3. The monoisotopic (exact) mass is 748 g/mol. The SMILES string of the molecule is Cc1nc2ccc(F)cc2nc1O[C@@H]1C[C@H]2C(=O)N[C@]3(C(=O)NS(=O)(=O)C4(C)CC4)C[C@H]3C=CCCCCC[C@H](NC(=O)c3ccncn3)C(=O)N2C1. The molecule has 0 unspecified atom stereocenters. The van der Waals surface area contributed by atoms with Gasteiger partial charge >= 0.3 is 0 Å². The second-order valence-corrected chi connectivity index (χ2v) is 16.8. The van der Waals surface area contributed by atoms with Crippen molar-refractivity contribution in [1.29, 1.82) is 0 Å². The van der Waals surface area contributed by atoms with E-state index in [1.807, 2.05) is 12.2 Å². The van der Waals surface area contributed by atoms with Crippen LogP contribution in [0.25, 0.3) is 11.0 Å². The summed E-state index contributed by atoms with van der Waals surface area (Å²) in [5, 5.41) is 5.64. The number of ether oxygens (including phenoxy) is 1. The van der Waals surface area contributed by atoms with E-state index in [1.54, 1.807) is 13.8 Å². The van der Waals surface area contributed by atoms with E-state index in [9.17, 15) is 32.0 Å². The second kappa shape index (κ2) is 14.1. The van der Waals surface area contributed by atoms with Gasteiger partial charge in [-0.1, -0.05) is 25.0 Å². The summed E-state index contributed by atoms with van der Waals surface area (Å²) in [7, 11) is -4.01. The first-order chi connectivity index (χ1) is 25.3. The average molecular weight is 749 g/mol. The number of carbonyl (C=O) groups excluding carboxylic acids is 4. The fourth-order valence-electron chi connectivity index (χ4n) is 6.97. The lowest BCUT2D eigenvalue weighted by atomic mass is 10.0. The number of rotatable bonds is 7. The third-order valence-corrected chi connectivity index (χ3v) is 12.8. The zero-order chi connectivity index (χ0) is 37.5. The molecule has 4 heterocycles. The van der Waals surface area contributed by atoms with Gasteiger partial charge in [-0.2, -0.15) is 0 Å². The highest BCUT2D eigenvalue weighted by molar-refractivity contribution is 7.91. The van der Waals surface area contributed by atoms with E-state index in [1.165, 1.54) is 41.7 Å². The molecule has 280 valence electrons. The van der Waals surface area contributed by atoms with Crippen molar-refractivity contribution in [3.63, 3.8) is 0 Å². The predicted octanol–water partition coefficient (Wildman–Crippen LogP) is 2.41. The predicted molar refractivity (Wildman–Crippen MR) is 188 cm³/mol. The Morgan fingerprint density at radius 1 is 1.09 bits per heavy atom. The first-order valence-corrected chi connectivity index (χ1v) is 19.3. The molecular weight excluding hydrogens is 708 g/mol. The quantitative estimate of drug-likeness (QED) is 0.300. The largest absolute Gasteiger partial charge is 0.471 e. The number of nitrogens with one attached hydrogen (secondary N) is 3. The first-order valence-electron chi connectivity index (χ1n) is 17.8. The normalized spacial score (nSPS) is 27.0. The highest BCUT2D eigenvalue weighted by atomic mass is 32.2. The van der Waals surface area contributed by atoms with Crippen LogP contribution in [0.5, 0.6) is 5.88 Å². The number of hydrogen-bond donors (Lipinski definition) is 3. The Labute approximate surface area is 305 Å². The molecule has 53 heavy (non-hydrogen) atoms. The van der Waals surface area contributed by atoms with Crippen LogP contribution in [0.15, 0.2) is 48.9 Å². The number of aromatic nitrogens is 4. The third kappa shape index (κ3) is 7.43. The summed E-state index contributed by atoms with van der Waals surface area (Å²) in [6.07, 6.45) is 9.63. The van der Waals surface area contributed by atoms with Gasteiger partial charge in [0.25, 0.3) is 11.8 Å². The number of benzene rings is 1. The van der Waals surface area contributed by atoms with Gasteiger partial charge in [0.2, 0.25) is 27.7 Å². The topological polar surface area (TPSA) is 203 Å². The molecule has 2 aliphatic carbocycles. The van der Waals surface area contributed by atoms with E-state index in [2.05, 4.69) is 35.3 Å². The molecule has 1 saturated heterocycles. The van der Waals surface area contributed by atoms with E-state index in [0.29, 0.717) is 36.9 Å². The Hall–Kier alpha value is -5.06. The number of carbonyl (C=O) groups is 4. The van der Waals surface area contributed by atoms with Crippen LogP contribution in [0.2, 0.25) is 0 Å². The number of hydrogen-bond acceptors (Lipinski definition) is 11. The Bertz CT molecular complexity index is 2100. The Morgan fingerprint density at radius 2 is 1.91 bits per heavy atom. The molecule has 15 nitrogen and oxygen atoms in total. The van der Waals surface area contributed by atoms with Crippen molar-refractivity contribution in [2.75, 3.05) is 6.54 Å². The minimum atomic E-state index is -4.01. The van der Waals surface area contributed by atoms with Gasteiger partial charge in [0.1, 0.15) is 47.3 Å². The average Bonchev–Trinajstić information content (AvgIpc) is 4.01. The van der Waals surface area contributed by atoms with Gasteiger partial charge in [0.15, 0.2) is 0 Å². The zero-order valence-electron chi connectivity index (χ0n) is 29.4. The Kier molecular flexibility index (Phi) is 9.63.